The fourth-order valence-electron chi connectivity index (χ4n) is 2.48. The number of carboxylic acids is 2. The Hall–Kier alpha value is -3.22. The Morgan fingerprint density at radius 1 is 1.04 bits per heavy atom. The van der Waals surface area contributed by atoms with Crippen LogP contribution in [0.5, 0.6) is 0 Å². The number of carboxylic acid groups (broad SMARTS) is 2. The van der Waals surface area contributed by atoms with E-state index in [-0.39, 0.29) is 17.0 Å². The van der Waals surface area contributed by atoms with Crippen LogP contribution < -0.4 is 4.90 Å². The average molecular weight is 342 g/mol. The monoisotopic (exact) mass is 342 g/mol. The molecule has 1 aromatic carbocycles. The van der Waals surface area contributed by atoms with Crippen LogP contribution in [0.1, 0.15) is 39.1 Å². The molecule has 1 saturated heterocycles. The highest BCUT2D eigenvalue weighted by molar-refractivity contribution is 5.95. The second-order valence-electron chi connectivity index (χ2n) is 5.55. The van der Waals surface area contributed by atoms with E-state index in [4.69, 9.17) is 10.2 Å². The number of benzene rings is 1. The fourth-order valence-corrected chi connectivity index (χ4v) is 2.48. The topological polar surface area (TPSA) is 108 Å². The van der Waals surface area contributed by atoms with Crippen LogP contribution in [-0.4, -0.2) is 39.6 Å². The highest BCUT2D eigenvalue weighted by Gasteiger charge is 2.20. The molecule has 0 spiro atoms. The van der Waals surface area contributed by atoms with E-state index in [9.17, 15) is 14.4 Å². The van der Waals surface area contributed by atoms with Crippen LogP contribution in [0.4, 0.5) is 5.69 Å². The number of carbonyl (C=O) groups excluding carboxylic acids is 1. The number of rotatable bonds is 3. The van der Waals surface area contributed by atoms with Crippen LogP contribution >= 0.6 is 0 Å². The van der Waals surface area contributed by atoms with E-state index in [2.05, 4.69) is 4.98 Å². The van der Waals surface area contributed by atoms with Crippen molar-refractivity contribution in [3.05, 3.63) is 59.4 Å². The Kier molecular flexibility index (Phi) is 5.84. The number of hydrogen-bond donors (Lipinski definition) is 2. The first-order chi connectivity index (χ1) is 11.9. The zero-order chi connectivity index (χ0) is 18.4. The molecule has 1 aromatic heterocycles. The van der Waals surface area contributed by atoms with Crippen LogP contribution in [0.3, 0.4) is 0 Å². The van der Waals surface area contributed by atoms with Crippen LogP contribution in [0.2, 0.25) is 0 Å². The molecule has 7 nitrogen and oxygen atoms in total. The maximum absolute atomic E-state index is 11.3. The summed E-state index contributed by atoms with van der Waals surface area (Å²) in [7, 11) is 0. The van der Waals surface area contributed by atoms with Crippen molar-refractivity contribution in [1.29, 1.82) is 0 Å². The molecule has 2 N–H and O–H groups in total. The third-order valence-electron chi connectivity index (χ3n) is 3.62. The lowest BCUT2D eigenvalue weighted by Crippen LogP contribution is -2.23. The molecule has 0 bridgehead atoms. The maximum Gasteiger partial charge on any atom is 0.335 e. The molecule has 0 aliphatic carbocycles. The van der Waals surface area contributed by atoms with Gasteiger partial charge >= 0.3 is 11.9 Å². The number of hydrogen-bond acceptors (Lipinski definition) is 4. The molecule has 2 aromatic rings. The molecule has 1 amide bonds. The van der Waals surface area contributed by atoms with Gasteiger partial charge in [-0.05, 0) is 49.2 Å². The Bertz CT molecular complexity index is 757. The second kappa shape index (κ2) is 8.05. The Morgan fingerprint density at radius 3 is 2.04 bits per heavy atom. The highest BCUT2D eigenvalue weighted by Crippen LogP contribution is 2.19. The quantitative estimate of drug-likeness (QED) is 0.887. The van der Waals surface area contributed by atoms with E-state index in [1.54, 1.807) is 19.3 Å². The number of carbonyl (C=O) groups is 3. The minimum absolute atomic E-state index is 0.00241. The van der Waals surface area contributed by atoms with E-state index in [1.165, 1.54) is 12.1 Å². The predicted octanol–water partition coefficient (Wildman–Crippen LogP) is 2.60. The van der Waals surface area contributed by atoms with E-state index < -0.39 is 11.9 Å². The summed E-state index contributed by atoms with van der Waals surface area (Å²) in [6.45, 7) is 2.50. The first-order valence-electron chi connectivity index (χ1n) is 7.67. The van der Waals surface area contributed by atoms with E-state index >= 15 is 0 Å². The van der Waals surface area contributed by atoms with Crippen molar-refractivity contribution in [3.63, 3.8) is 0 Å². The van der Waals surface area contributed by atoms with Crippen molar-refractivity contribution in [2.24, 2.45) is 0 Å². The summed E-state index contributed by atoms with van der Waals surface area (Å²) in [5.74, 6) is -2.02. The molecule has 7 heteroatoms. The fraction of sp³-hybridized carbons (Fsp3) is 0.222. The van der Waals surface area contributed by atoms with Crippen LogP contribution in [0, 0.1) is 6.92 Å². The van der Waals surface area contributed by atoms with Gasteiger partial charge < -0.3 is 15.1 Å². The SMILES string of the molecule is Cc1cc(C(=O)O)cc(C(=O)O)c1.O=C1CCCN1c1ccncc1. The Labute approximate surface area is 144 Å². The summed E-state index contributed by atoms with van der Waals surface area (Å²) in [4.78, 5) is 38.1. The average Bonchev–Trinajstić information content (AvgIpc) is 3.01. The summed E-state index contributed by atoms with van der Waals surface area (Å²) >= 11 is 0. The third-order valence-corrected chi connectivity index (χ3v) is 3.62. The van der Waals surface area contributed by atoms with Gasteiger partial charge in [-0.3, -0.25) is 9.78 Å². The van der Waals surface area contributed by atoms with Crippen LogP contribution in [-0.2, 0) is 4.79 Å². The van der Waals surface area contributed by atoms with Crippen molar-refractivity contribution >= 4 is 23.5 Å². The third kappa shape index (κ3) is 4.87. The smallest absolute Gasteiger partial charge is 0.335 e. The van der Waals surface area contributed by atoms with Gasteiger partial charge in [0.15, 0.2) is 0 Å². The van der Waals surface area contributed by atoms with Gasteiger partial charge in [0.25, 0.3) is 0 Å². The number of aryl methyl sites for hydroxylation is 1. The molecule has 3 rings (SSSR count). The molecule has 1 aliphatic rings. The second-order valence-corrected chi connectivity index (χ2v) is 5.55. The lowest BCUT2D eigenvalue weighted by atomic mass is 10.1. The molecular formula is C18H18N2O5. The number of aromatic nitrogens is 1. The van der Waals surface area contributed by atoms with Gasteiger partial charge in [0.05, 0.1) is 11.1 Å². The number of pyridine rings is 1. The number of amides is 1. The lowest BCUT2D eigenvalue weighted by Gasteiger charge is -2.14. The number of nitrogens with zero attached hydrogens (tertiary/aromatic N) is 2. The normalized spacial score (nSPS) is 13.2. The minimum atomic E-state index is -1.12. The van der Waals surface area contributed by atoms with Gasteiger partial charge in [-0.1, -0.05) is 0 Å². The van der Waals surface area contributed by atoms with Crippen LogP contribution in [0.25, 0.3) is 0 Å². The van der Waals surface area contributed by atoms with Gasteiger partial charge in [-0.25, -0.2) is 9.59 Å². The Morgan fingerprint density at radius 2 is 1.60 bits per heavy atom. The van der Waals surface area contributed by atoms with Crippen molar-refractivity contribution in [3.8, 4) is 0 Å². The van der Waals surface area contributed by atoms with Crippen molar-refractivity contribution in [2.75, 3.05) is 11.4 Å². The molecule has 0 unspecified atom stereocenters. The molecule has 130 valence electrons. The highest BCUT2D eigenvalue weighted by atomic mass is 16.4. The lowest BCUT2D eigenvalue weighted by molar-refractivity contribution is -0.117. The first kappa shape index (κ1) is 18.1. The molecule has 0 radical (unpaired) electrons. The summed E-state index contributed by atoms with van der Waals surface area (Å²) in [5.41, 5.74) is 1.58. The van der Waals surface area contributed by atoms with Gasteiger partial charge in [0.1, 0.15) is 0 Å². The summed E-state index contributed by atoms with van der Waals surface area (Å²) in [5, 5.41) is 17.2. The standard InChI is InChI=1S/C9H10N2O.C9H8O4/c12-9-2-1-7-11(9)8-3-5-10-6-4-8;1-5-2-6(8(10)11)4-7(3-5)9(12)13/h3-6H,1-2,7H2;2-4H,1H3,(H,10,11)(H,12,13). The summed E-state index contributed by atoms with van der Waals surface area (Å²) < 4.78 is 0. The molecule has 0 saturated carbocycles. The zero-order valence-corrected chi connectivity index (χ0v) is 13.7. The van der Waals surface area contributed by atoms with Gasteiger partial charge in [0, 0.05) is 31.0 Å². The maximum atomic E-state index is 11.3. The Balaban J connectivity index is 0.000000181. The zero-order valence-electron chi connectivity index (χ0n) is 13.7. The molecule has 0 atom stereocenters. The molecule has 1 fully saturated rings. The largest absolute Gasteiger partial charge is 0.478 e. The number of aromatic carboxylic acids is 2. The minimum Gasteiger partial charge on any atom is -0.478 e. The molecular weight excluding hydrogens is 324 g/mol. The van der Waals surface area contributed by atoms with Gasteiger partial charge in [-0.15, -0.1) is 0 Å². The van der Waals surface area contributed by atoms with Gasteiger partial charge in [0.2, 0.25) is 5.91 Å². The molecule has 2 heterocycles. The van der Waals surface area contributed by atoms with E-state index in [0.717, 1.165) is 24.7 Å². The molecule has 1 aliphatic heterocycles. The van der Waals surface area contributed by atoms with E-state index in [0.29, 0.717) is 12.0 Å². The van der Waals surface area contributed by atoms with Crippen LogP contribution in [0.15, 0.2) is 42.7 Å². The van der Waals surface area contributed by atoms with E-state index in [1.807, 2.05) is 17.0 Å². The number of anilines is 1. The van der Waals surface area contributed by atoms with Gasteiger partial charge in [-0.2, -0.15) is 0 Å². The van der Waals surface area contributed by atoms with Crippen molar-refractivity contribution in [1.82, 2.24) is 4.98 Å². The van der Waals surface area contributed by atoms with Crippen molar-refractivity contribution < 1.29 is 24.6 Å². The predicted molar refractivity (Wildman–Crippen MR) is 90.9 cm³/mol. The summed E-state index contributed by atoms with van der Waals surface area (Å²) in [6, 6.07) is 7.72. The van der Waals surface area contributed by atoms with Crippen molar-refractivity contribution in [2.45, 2.75) is 19.8 Å². The first-order valence-corrected chi connectivity index (χ1v) is 7.67. The summed E-state index contributed by atoms with van der Waals surface area (Å²) in [6.07, 6.45) is 5.07. The molecule has 25 heavy (non-hydrogen) atoms.